The van der Waals surface area contributed by atoms with Crippen LogP contribution >= 0.6 is 14.8 Å². The van der Waals surface area contributed by atoms with E-state index in [2.05, 4.69) is 170 Å². The van der Waals surface area contributed by atoms with E-state index < -0.39 is 31.3 Å². The van der Waals surface area contributed by atoms with E-state index in [1.807, 2.05) is 0 Å². The molecule has 4 rings (SSSR count). The summed E-state index contributed by atoms with van der Waals surface area (Å²) < 4.78 is 8.87. The van der Waals surface area contributed by atoms with E-state index in [1.54, 1.807) is 0 Å². The molecule has 0 fully saturated rings. The molecule has 0 saturated heterocycles. The van der Waals surface area contributed by atoms with Crippen LogP contribution in [0.15, 0.2) is 121 Å². The molecule has 0 saturated carbocycles. The number of benzene rings is 4. The van der Waals surface area contributed by atoms with Crippen molar-refractivity contribution >= 4 is 52.5 Å². The molecule has 0 atom stereocenters. The van der Waals surface area contributed by atoms with Gasteiger partial charge in [0.2, 0.25) is 5.90 Å². The summed E-state index contributed by atoms with van der Waals surface area (Å²) in [4.78, 5) is 0. The Labute approximate surface area is 273 Å². The van der Waals surface area contributed by atoms with E-state index in [1.165, 1.54) is 21.2 Å². The Balaban J connectivity index is 0.00000267. The smallest absolute Gasteiger partial charge is 1.00 e. The van der Waals surface area contributed by atoms with Crippen LogP contribution in [0.1, 0.15) is 0 Å². The Bertz CT molecular complexity index is 1090. The monoisotopic (exact) mass is 678 g/mol. The van der Waals surface area contributed by atoms with Gasteiger partial charge in [-0.15, -0.1) is 0 Å². The SMILES string of the molecule is C[Si](C)(C)N[P+](C[P+](N[Si](C)(C)C)(c1ccccc1)c1ccccc1)(c1ccccc1)c1ccccc1.[Cl-].[Cl-].[Ti+2]. The molecule has 2 nitrogen and oxygen atoms in total. The second kappa shape index (κ2) is 15.7. The van der Waals surface area contributed by atoms with Gasteiger partial charge in [-0.2, -0.15) is 0 Å². The molecule has 4 aromatic carbocycles. The minimum Gasteiger partial charge on any atom is -1.00 e. The normalized spacial score (nSPS) is 11.9. The molecule has 0 spiro atoms. The average Bonchev–Trinajstić information content (AvgIpc) is 2.88. The van der Waals surface area contributed by atoms with Crippen molar-refractivity contribution in [1.82, 2.24) is 9.51 Å². The summed E-state index contributed by atoms with van der Waals surface area (Å²) in [5.74, 6) is 1.07. The molecule has 4 aromatic rings. The van der Waals surface area contributed by atoms with Crippen molar-refractivity contribution in [3.05, 3.63) is 121 Å². The van der Waals surface area contributed by atoms with E-state index in [0.29, 0.717) is 0 Å². The van der Waals surface area contributed by atoms with Gasteiger partial charge in [-0.1, -0.05) is 112 Å². The van der Waals surface area contributed by atoms with E-state index >= 15 is 0 Å². The quantitative estimate of drug-likeness (QED) is 0.193. The molecule has 0 aliphatic heterocycles. The molecule has 0 unspecified atom stereocenters. The molecule has 0 amide bonds. The van der Waals surface area contributed by atoms with Gasteiger partial charge in [-0.05, 0) is 48.5 Å². The number of rotatable bonds is 10. The van der Waals surface area contributed by atoms with Crippen LogP contribution in [0.25, 0.3) is 0 Å². The fraction of sp³-hybridized carbons (Fsp3) is 0.226. The van der Waals surface area contributed by atoms with Crippen LogP contribution in [0.5, 0.6) is 0 Å². The number of hydrogen-bond acceptors (Lipinski definition) is 2. The average molecular weight is 680 g/mol. The summed E-state index contributed by atoms with van der Waals surface area (Å²) in [6, 6.07) is 45.3. The number of hydrogen-bond donors (Lipinski definition) is 2. The molecule has 0 aromatic heterocycles. The Morgan fingerprint density at radius 2 is 0.625 bits per heavy atom. The summed E-state index contributed by atoms with van der Waals surface area (Å²) in [6.07, 6.45) is 0. The van der Waals surface area contributed by atoms with Gasteiger partial charge in [-0.25, -0.2) is 9.51 Å². The van der Waals surface area contributed by atoms with Gasteiger partial charge in [0, 0.05) is 0 Å². The molecule has 9 heteroatoms. The zero-order chi connectivity index (χ0) is 26.6. The van der Waals surface area contributed by atoms with Crippen molar-refractivity contribution in [3.8, 4) is 0 Å². The first kappa shape index (κ1) is 37.4. The van der Waals surface area contributed by atoms with Crippen molar-refractivity contribution in [1.29, 1.82) is 0 Å². The predicted molar refractivity (Wildman–Crippen MR) is 176 cm³/mol. The molecule has 0 heterocycles. The molecule has 0 aliphatic carbocycles. The third-order valence-corrected chi connectivity index (χ3v) is 22.8. The minimum atomic E-state index is -2.04. The topological polar surface area (TPSA) is 24.1 Å². The summed E-state index contributed by atoms with van der Waals surface area (Å²) in [5.41, 5.74) is 0. The molecular formula is C31H42Cl2N2P2Si2Ti+2. The van der Waals surface area contributed by atoms with Crippen LogP contribution in [0.4, 0.5) is 0 Å². The first-order valence-corrected chi connectivity index (χ1v) is 24.1. The van der Waals surface area contributed by atoms with E-state index in [0.717, 1.165) is 5.90 Å². The maximum Gasteiger partial charge on any atom is 2.00 e. The fourth-order valence-electron chi connectivity index (χ4n) is 5.15. The first-order chi connectivity index (χ1) is 17.5. The van der Waals surface area contributed by atoms with Crippen LogP contribution in [-0.4, -0.2) is 22.4 Å². The Kier molecular flexibility index (Phi) is 14.7. The van der Waals surface area contributed by atoms with Crippen LogP contribution in [0, 0.1) is 0 Å². The Hall–Kier alpha value is -0.612. The second-order valence-electron chi connectivity index (χ2n) is 11.8. The van der Waals surface area contributed by atoms with Crippen LogP contribution in [0.3, 0.4) is 0 Å². The van der Waals surface area contributed by atoms with Crippen LogP contribution in [0.2, 0.25) is 39.3 Å². The molecule has 2 N–H and O–H groups in total. The van der Waals surface area contributed by atoms with E-state index in [9.17, 15) is 0 Å². The molecule has 0 radical (unpaired) electrons. The van der Waals surface area contributed by atoms with Gasteiger partial charge in [0.15, 0.2) is 31.3 Å². The fourth-order valence-corrected chi connectivity index (χ4v) is 26.7. The van der Waals surface area contributed by atoms with E-state index in [4.69, 9.17) is 0 Å². The van der Waals surface area contributed by atoms with Crippen molar-refractivity contribution in [2.24, 2.45) is 0 Å². The summed E-state index contributed by atoms with van der Waals surface area (Å²) in [6.45, 7) is 14.7. The van der Waals surface area contributed by atoms with Crippen molar-refractivity contribution in [2.45, 2.75) is 39.3 Å². The molecular weight excluding hydrogens is 637 g/mol. The zero-order valence-electron chi connectivity index (χ0n) is 24.4. The van der Waals surface area contributed by atoms with Crippen molar-refractivity contribution in [2.75, 3.05) is 5.90 Å². The third kappa shape index (κ3) is 9.19. The minimum absolute atomic E-state index is 0. The molecule has 0 bridgehead atoms. The second-order valence-corrected chi connectivity index (χ2v) is 29.1. The first-order valence-electron chi connectivity index (χ1n) is 13.1. The Morgan fingerprint density at radius 3 is 0.800 bits per heavy atom. The van der Waals surface area contributed by atoms with Gasteiger partial charge in [0.05, 0.1) is 0 Å². The summed E-state index contributed by atoms with van der Waals surface area (Å²) >= 11 is 0. The maximum atomic E-state index is 4.44. The van der Waals surface area contributed by atoms with Gasteiger partial charge >= 0.3 is 21.7 Å². The summed E-state index contributed by atoms with van der Waals surface area (Å²) in [7, 11) is -7.52. The van der Waals surface area contributed by atoms with Gasteiger partial charge in [-0.3, -0.25) is 0 Å². The molecule has 210 valence electrons. The Morgan fingerprint density at radius 1 is 0.425 bits per heavy atom. The van der Waals surface area contributed by atoms with Gasteiger partial charge in [0.1, 0.15) is 21.2 Å². The van der Waals surface area contributed by atoms with E-state index in [-0.39, 0.29) is 46.5 Å². The molecule has 0 aliphatic rings. The standard InChI is InChI=1S/C31H42N2P2Si2.2ClH.Ti/c1-36(2,3)32-34(28-19-11-7-12-20-28,29-21-13-8-14-22-29)27-35(33-37(4,5)6,30-23-15-9-16-24-30)31-25-17-10-18-26-31;;;/h7-26,32-33H,27H2,1-6H3;2*1H;/q+2;;;+2/p-2. The summed E-state index contributed by atoms with van der Waals surface area (Å²) in [5, 5.41) is 5.77. The van der Waals surface area contributed by atoms with Crippen molar-refractivity contribution < 1.29 is 46.5 Å². The van der Waals surface area contributed by atoms with Gasteiger partial charge < -0.3 is 24.8 Å². The van der Waals surface area contributed by atoms with Crippen LogP contribution < -0.4 is 55.5 Å². The van der Waals surface area contributed by atoms with Crippen molar-refractivity contribution in [3.63, 3.8) is 0 Å². The molecule has 40 heavy (non-hydrogen) atoms. The largest absolute Gasteiger partial charge is 2.00 e. The zero-order valence-corrected chi connectivity index (χ0v) is 31.3. The third-order valence-electron chi connectivity index (χ3n) is 6.26. The van der Waals surface area contributed by atoms with Crippen LogP contribution in [-0.2, 0) is 21.7 Å². The predicted octanol–water partition coefficient (Wildman–Crippen LogP) is 0.966. The number of nitrogens with one attached hydrogen (secondary N) is 2. The number of halogens is 2. The van der Waals surface area contributed by atoms with Gasteiger partial charge in [0.25, 0.3) is 0 Å². The maximum absolute atomic E-state index is 4.44.